The maximum Gasteiger partial charge on any atom is 0.326 e. The van der Waals surface area contributed by atoms with Gasteiger partial charge in [-0.3, -0.25) is 9.69 Å². The lowest BCUT2D eigenvalue weighted by atomic mass is 9.90. The first-order valence-corrected chi connectivity index (χ1v) is 15.9. The standard InChI is InChI=1S/C31H38ClN5O4S/c1-35(23-30(33)38)42(40,41)29-14-8-24(9-15-29)22-25-16-20-36(21-17-25)18-5-19-37(28-6-3-2-4-7-28)31(39)34-27-12-10-26(32)11-13-27/h2-4,6-15,25H,5,16-23H2,1H3,(H2,33,38)(H,34,39). The molecule has 1 fully saturated rings. The number of carbonyl (C=O) groups excluding carboxylic acids is 2. The Balaban J connectivity index is 1.25. The monoisotopic (exact) mass is 611 g/mol. The van der Waals surface area contributed by atoms with E-state index in [-0.39, 0.29) is 17.5 Å². The fraction of sp³-hybridized carbons (Fsp3) is 0.355. The Hall–Kier alpha value is -3.44. The van der Waals surface area contributed by atoms with Crippen LogP contribution in [0.1, 0.15) is 24.8 Å². The van der Waals surface area contributed by atoms with Crippen molar-refractivity contribution in [2.75, 3.05) is 50.0 Å². The highest BCUT2D eigenvalue weighted by Gasteiger charge is 2.24. The van der Waals surface area contributed by atoms with Gasteiger partial charge in [-0.25, -0.2) is 13.2 Å². The van der Waals surface area contributed by atoms with Crippen molar-refractivity contribution in [3.05, 3.63) is 89.4 Å². The number of para-hydroxylation sites is 1. The van der Waals surface area contributed by atoms with Gasteiger partial charge in [0.2, 0.25) is 15.9 Å². The van der Waals surface area contributed by atoms with Gasteiger partial charge in [0, 0.05) is 30.0 Å². The van der Waals surface area contributed by atoms with Crippen LogP contribution in [0.4, 0.5) is 16.2 Å². The van der Waals surface area contributed by atoms with E-state index in [1.54, 1.807) is 41.3 Å². The average molecular weight is 612 g/mol. The van der Waals surface area contributed by atoms with Gasteiger partial charge < -0.3 is 16.0 Å². The number of likely N-dealkylation sites (N-methyl/N-ethyl adjacent to an activating group) is 1. The molecule has 224 valence electrons. The van der Waals surface area contributed by atoms with Crippen LogP contribution in [0.2, 0.25) is 5.02 Å². The Morgan fingerprint density at radius 3 is 2.24 bits per heavy atom. The van der Waals surface area contributed by atoms with E-state index in [0.717, 1.165) is 60.9 Å². The number of sulfonamides is 1. The molecule has 1 saturated heterocycles. The van der Waals surface area contributed by atoms with E-state index in [2.05, 4.69) is 10.2 Å². The molecule has 0 saturated carbocycles. The van der Waals surface area contributed by atoms with Gasteiger partial charge in [0.15, 0.2) is 0 Å². The number of nitrogens with zero attached hydrogens (tertiary/aromatic N) is 3. The summed E-state index contributed by atoms with van der Waals surface area (Å²) >= 11 is 5.98. The van der Waals surface area contributed by atoms with E-state index in [1.165, 1.54) is 7.05 Å². The van der Waals surface area contributed by atoms with Crippen molar-refractivity contribution < 1.29 is 18.0 Å². The molecule has 0 radical (unpaired) electrons. The normalized spacial score (nSPS) is 14.5. The number of urea groups is 1. The van der Waals surface area contributed by atoms with Crippen LogP contribution in [0, 0.1) is 5.92 Å². The number of nitrogens with one attached hydrogen (secondary N) is 1. The van der Waals surface area contributed by atoms with Gasteiger partial charge in [0.25, 0.3) is 0 Å². The first kappa shape index (κ1) is 31.5. The largest absolute Gasteiger partial charge is 0.369 e. The first-order chi connectivity index (χ1) is 20.1. The first-order valence-electron chi connectivity index (χ1n) is 14.1. The molecule has 0 aliphatic carbocycles. The highest BCUT2D eigenvalue weighted by Crippen LogP contribution is 2.24. The summed E-state index contributed by atoms with van der Waals surface area (Å²) in [6.07, 6.45) is 3.84. The Labute approximate surface area is 253 Å². The number of carbonyl (C=O) groups is 2. The Morgan fingerprint density at radius 2 is 1.62 bits per heavy atom. The van der Waals surface area contributed by atoms with Crippen LogP contribution < -0.4 is 16.0 Å². The minimum absolute atomic E-state index is 0.149. The molecule has 9 nitrogen and oxygen atoms in total. The number of nitrogens with two attached hydrogens (primary N) is 1. The smallest absolute Gasteiger partial charge is 0.326 e. The lowest BCUT2D eigenvalue weighted by Crippen LogP contribution is -2.39. The second-order valence-corrected chi connectivity index (χ2v) is 13.1. The second-order valence-electron chi connectivity index (χ2n) is 10.6. The summed E-state index contributed by atoms with van der Waals surface area (Å²) in [5.41, 5.74) is 7.78. The summed E-state index contributed by atoms with van der Waals surface area (Å²) < 4.78 is 26.2. The molecular formula is C31H38ClN5O4S. The SMILES string of the molecule is CN(CC(N)=O)S(=O)(=O)c1ccc(CC2CCN(CCCN(C(=O)Nc3ccc(Cl)cc3)c3ccccc3)CC2)cc1. The van der Waals surface area contributed by atoms with Gasteiger partial charge in [-0.2, -0.15) is 4.31 Å². The predicted molar refractivity (Wildman–Crippen MR) is 167 cm³/mol. The molecule has 11 heteroatoms. The summed E-state index contributed by atoms with van der Waals surface area (Å²) in [6.45, 7) is 3.10. The van der Waals surface area contributed by atoms with Crippen LogP contribution in [0.3, 0.4) is 0 Å². The number of primary amides is 1. The summed E-state index contributed by atoms with van der Waals surface area (Å²) in [4.78, 5) is 28.7. The van der Waals surface area contributed by atoms with Crippen LogP contribution in [-0.4, -0.2) is 69.3 Å². The van der Waals surface area contributed by atoms with Crippen molar-refractivity contribution >= 4 is 44.9 Å². The molecule has 1 aliphatic rings. The van der Waals surface area contributed by atoms with Gasteiger partial charge in [-0.1, -0.05) is 41.9 Å². The lowest BCUT2D eigenvalue weighted by Gasteiger charge is -2.32. The summed E-state index contributed by atoms with van der Waals surface area (Å²) in [7, 11) is -2.41. The predicted octanol–water partition coefficient (Wildman–Crippen LogP) is 4.83. The fourth-order valence-corrected chi connectivity index (χ4v) is 6.42. The number of benzene rings is 3. The molecule has 1 heterocycles. The molecule has 3 aromatic rings. The van der Waals surface area contributed by atoms with Crippen LogP contribution in [0.5, 0.6) is 0 Å². The molecule has 3 amide bonds. The van der Waals surface area contributed by atoms with Crippen molar-refractivity contribution in [1.29, 1.82) is 0 Å². The van der Waals surface area contributed by atoms with Crippen molar-refractivity contribution in [2.45, 2.75) is 30.6 Å². The average Bonchev–Trinajstić information content (AvgIpc) is 2.97. The van der Waals surface area contributed by atoms with Crippen LogP contribution >= 0.6 is 11.6 Å². The maximum absolute atomic E-state index is 13.2. The van der Waals surface area contributed by atoms with Gasteiger partial charge in [-0.05, 0) is 105 Å². The summed E-state index contributed by atoms with van der Waals surface area (Å²) in [5, 5.41) is 3.59. The third kappa shape index (κ3) is 8.78. The number of anilines is 2. The lowest BCUT2D eigenvalue weighted by molar-refractivity contribution is -0.118. The zero-order valence-electron chi connectivity index (χ0n) is 23.8. The molecule has 0 bridgehead atoms. The highest BCUT2D eigenvalue weighted by atomic mass is 35.5. The van der Waals surface area contributed by atoms with E-state index in [9.17, 15) is 18.0 Å². The number of piperidine rings is 1. The highest BCUT2D eigenvalue weighted by molar-refractivity contribution is 7.89. The minimum atomic E-state index is -3.75. The minimum Gasteiger partial charge on any atom is -0.369 e. The Morgan fingerprint density at radius 1 is 0.976 bits per heavy atom. The molecule has 0 unspecified atom stereocenters. The number of hydrogen-bond acceptors (Lipinski definition) is 5. The molecule has 42 heavy (non-hydrogen) atoms. The number of halogens is 1. The molecule has 1 aliphatic heterocycles. The number of amides is 3. The number of likely N-dealkylation sites (tertiary alicyclic amines) is 1. The third-order valence-electron chi connectivity index (χ3n) is 7.51. The second kappa shape index (κ2) is 14.6. The van der Waals surface area contributed by atoms with Gasteiger partial charge in [0.05, 0.1) is 11.4 Å². The third-order valence-corrected chi connectivity index (χ3v) is 9.58. The molecule has 0 atom stereocenters. The topological polar surface area (TPSA) is 116 Å². The quantitative estimate of drug-likeness (QED) is 0.304. The van der Waals surface area contributed by atoms with Crippen LogP contribution in [-0.2, 0) is 21.2 Å². The number of hydrogen-bond donors (Lipinski definition) is 2. The molecular weight excluding hydrogens is 574 g/mol. The molecule has 3 N–H and O–H groups in total. The van der Waals surface area contributed by atoms with E-state index in [1.807, 2.05) is 42.5 Å². The Bertz CT molecular complexity index is 1430. The van der Waals surface area contributed by atoms with Crippen molar-refractivity contribution in [3.8, 4) is 0 Å². The van der Waals surface area contributed by atoms with E-state index >= 15 is 0 Å². The van der Waals surface area contributed by atoms with Gasteiger partial charge >= 0.3 is 6.03 Å². The molecule has 0 spiro atoms. The van der Waals surface area contributed by atoms with Gasteiger partial charge in [-0.15, -0.1) is 0 Å². The van der Waals surface area contributed by atoms with Crippen LogP contribution in [0.25, 0.3) is 0 Å². The summed E-state index contributed by atoms with van der Waals surface area (Å²) in [6, 6.07) is 23.5. The van der Waals surface area contributed by atoms with Crippen molar-refractivity contribution in [3.63, 3.8) is 0 Å². The zero-order valence-corrected chi connectivity index (χ0v) is 25.4. The van der Waals surface area contributed by atoms with E-state index < -0.39 is 15.9 Å². The molecule has 4 rings (SSSR count). The van der Waals surface area contributed by atoms with E-state index in [0.29, 0.717) is 23.2 Å². The molecule has 0 aromatic heterocycles. The summed E-state index contributed by atoms with van der Waals surface area (Å²) in [5.74, 6) is -0.176. The number of rotatable bonds is 12. The molecule has 3 aromatic carbocycles. The Kier molecular flexibility index (Phi) is 11.0. The van der Waals surface area contributed by atoms with Crippen LogP contribution in [0.15, 0.2) is 83.8 Å². The zero-order chi connectivity index (χ0) is 30.1. The fourth-order valence-electron chi connectivity index (χ4n) is 5.16. The maximum atomic E-state index is 13.2. The van der Waals surface area contributed by atoms with E-state index in [4.69, 9.17) is 17.3 Å². The van der Waals surface area contributed by atoms with Crippen molar-refractivity contribution in [1.82, 2.24) is 9.21 Å². The van der Waals surface area contributed by atoms with Gasteiger partial charge in [0.1, 0.15) is 0 Å². The van der Waals surface area contributed by atoms with Crippen molar-refractivity contribution in [2.24, 2.45) is 11.7 Å².